The number of anilines is 1. The van der Waals surface area contributed by atoms with Crippen molar-refractivity contribution in [2.45, 2.75) is 39.7 Å². The van der Waals surface area contributed by atoms with E-state index in [0.29, 0.717) is 53.3 Å². The van der Waals surface area contributed by atoms with Crippen molar-refractivity contribution in [2.24, 2.45) is 0 Å². The number of halogens is 2. The van der Waals surface area contributed by atoms with E-state index in [9.17, 15) is 4.79 Å². The summed E-state index contributed by atoms with van der Waals surface area (Å²) in [5, 5.41) is 4.24. The van der Waals surface area contributed by atoms with E-state index in [1.165, 1.54) is 29.3 Å². The number of furan rings is 1. The van der Waals surface area contributed by atoms with E-state index >= 15 is 8.78 Å². The number of benzene rings is 1. The molecule has 5 heterocycles. The fourth-order valence-corrected chi connectivity index (χ4v) is 5.27. The van der Waals surface area contributed by atoms with Crippen molar-refractivity contribution in [3.63, 3.8) is 0 Å². The van der Waals surface area contributed by atoms with E-state index in [0.717, 1.165) is 0 Å². The maximum absolute atomic E-state index is 15.9. The highest BCUT2D eigenvalue weighted by Crippen LogP contribution is 2.36. The van der Waals surface area contributed by atoms with Gasteiger partial charge in [-0.1, -0.05) is 13.8 Å². The highest BCUT2D eigenvalue weighted by Gasteiger charge is 2.28. The molecule has 6 rings (SSSR count). The number of nitrogens with one attached hydrogen (secondary N) is 1. The van der Waals surface area contributed by atoms with Crippen molar-refractivity contribution in [1.29, 1.82) is 0 Å². The number of hydrogen-bond acceptors (Lipinski definition) is 8. The van der Waals surface area contributed by atoms with Crippen molar-refractivity contribution in [1.82, 2.24) is 29.8 Å². The van der Waals surface area contributed by atoms with Gasteiger partial charge in [-0.2, -0.15) is 4.98 Å². The third kappa shape index (κ3) is 4.04. The second-order valence-electron chi connectivity index (χ2n) is 10.1. The molecule has 4 aromatic heterocycles. The molecular weight excluding hydrogens is 504 g/mol. The van der Waals surface area contributed by atoms with E-state index in [1.54, 1.807) is 19.1 Å². The first-order valence-electron chi connectivity index (χ1n) is 12.8. The van der Waals surface area contributed by atoms with E-state index in [1.807, 2.05) is 25.7 Å². The molecule has 200 valence electrons. The number of aryl methyl sites for hydroxylation is 1. The van der Waals surface area contributed by atoms with Crippen LogP contribution in [0, 0.1) is 18.6 Å². The lowest BCUT2D eigenvalue weighted by Gasteiger charge is -2.35. The molecule has 11 heteroatoms. The van der Waals surface area contributed by atoms with Crippen LogP contribution in [-0.4, -0.2) is 50.2 Å². The Labute approximate surface area is 222 Å². The Morgan fingerprint density at radius 3 is 2.72 bits per heavy atom. The van der Waals surface area contributed by atoms with E-state index in [2.05, 4.69) is 25.3 Å². The van der Waals surface area contributed by atoms with Crippen LogP contribution >= 0.6 is 0 Å². The highest BCUT2D eigenvalue weighted by molar-refractivity contribution is 5.95. The van der Waals surface area contributed by atoms with Gasteiger partial charge in [-0.15, -0.1) is 0 Å². The molecular formula is C28H27F2N7O2. The molecule has 1 N–H and O–H groups in total. The molecule has 5 aromatic rings. The van der Waals surface area contributed by atoms with Crippen LogP contribution < -0.4 is 15.9 Å². The van der Waals surface area contributed by atoms with Gasteiger partial charge in [0, 0.05) is 31.1 Å². The standard InChI is InChI=1S/C28H27F2N7O2/c1-14(2)22-24(16(4)32-13-33-22)37-27-18(26(35-28(37)38)36-9-8-31-12-15(36)3)11-20(30)23(34-27)21-19(29)6-5-17-7-10-39-25(17)21/h5-7,10-11,13-15,31H,8-9,12H2,1-4H3/t15-/m0/s1. The quantitative estimate of drug-likeness (QED) is 0.362. The fourth-order valence-electron chi connectivity index (χ4n) is 5.27. The Hall–Kier alpha value is -4.25. The van der Waals surface area contributed by atoms with Crippen molar-refractivity contribution < 1.29 is 13.2 Å². The summed E-state index contributed by atoms with van der Waals surface area (Å²) in [4.78, 5) is 33.7. The Kier molecular flexibility index (Phi) is 6.10. The van der Waals surface area contributed by atoms with Crippen LogP contribution in [-0.2, 0) is 0 Å². The smallest absolute Gasteiger partial charge is 0.355 e. The zero-order chi connectivity index (χ0) is 27.4. The molecule has 0 unspecified atom stereocenters. The van der Waals surface area contributed by atoms with E-state index in [-0.39, 0.29) is 34.4 Å². The molecule has 0 radical (unpaired) electrons. The van der Waals surface area contributed by atoms with Crippen molar-refractivity contribution in [3.05, 3.63) is 70.4 Å². The summed E-state index contributed by atoms with van der Waals surface area (Å²) in [7, 11) is 0. The molecule has 1 aliphatic rings. The van der Waals surface area contributed by atoms with Crippen LogP contribution in [0.4, 0.5) is 14.6 Å². The fraction of sp³-hybridized carbons (Fsp3) is 0.321. The van der Waals surface area contributed by atoms with Gasteiger partial charge in [0.15, 0.2) is 11.5 Å². The zero-order valence-corrected chi connectivity index (χ0v) is 22.0. The van der Waals surface area contributed by atoms with Gasteiger partial charge < -0.3 is 14.6 Å². The van der Waals surface area contributed by atoms with Crippen LogP contribution in [0.1, 0.15) is 38.1 Å². The molecule has 0 bridgehead atoms. The summed E-state index contributed by atoms with van der Waals surface area (Å²) in [5.41, 5.74) is 0.893. The summed E-state index contributed by atoms with van der Waals surface area (Å²) in [5.74, 6) is -1.18. The third-order valence-electron chi connectivity index (χ3n) is 7.19. The molecule has 1 aliphatic heterocycles. The maximum Gasteiger partial charge on any atom is 0.355 e. The highest BCUT2D eigenvalue weighted by atomic mass is 19.1. The Morgan fingerprint density at radius 2 is 1.95 bits per heavy atom. The minimum Gasteiger partial charge on any atom is -0.464 e. The number of rotatable bonds is 4. The van der Waals surface area contributed by atoms with Crippen molar-refractivity contribution in [3.8, 4) is 16.9 Å². The predicted octanol–water partition coefficient (Wildman–Crippen LogP) is 4.49. The van der Waals surface area contributed by atoms with Gasteiger partial charge in [-0.05, 0) is 44.0 Å². The summed E-state index contributed by atoms with van der Waals surface area (Å²) in [6.07, 6.45) is 2.85. The van der Waals surface area contributed by atoms with Gasteiger partial charge in [0.05, 0.1) is 34.3 Å². The second-order valence-corrected chi connectivity index (χ2v) is 10.1. The van der Waals surface area contributed by atoms with Crippen LogP contribution in [0.3, 0.4) is 0 Å². The monoisotopic (exact) mass is 531 g/mol. The lowest BCUT2D eigenvalue weighted by atomic mass is 10.1. The average Bonchev–Trinajstić information content (AvgIpc) is 3.38. The average molecular weight is 532 g/mol. The van der Waals surface area contributed by atoms with Gasteiger partial charge in [0.2, 0.25) is 0 Å². The molecule has 0 spiro atoms. The topological polar surface area (TPSA) is 102 Å². The molecule has 0 saturated carbocycles. The Morgan fingerprint density at radius 1 is 1.13 bits per heavy atom. The Balaban J connectivity index is 1.75. The summed E-state index contributed by atoms with van der Waals surface area (Å²) in [6.45, 7) is 9.60. The molecule has 1 fully saturated rings. The number of fused-ring (bicyclic) bond motifs is 2. The summed E-state index contributed by atoms with van der Waals surface area (Å²) < 4.78 is 38.0. The van der Waals surface area contributed by atoms with Crippen LogP contribution in [0.25, 0.3) is 38.9 Å². The second kappa shape index (κ2) is 9.49. The van der Waals surface area contributed by atoms with Gasteiger partial charge in [-0.25, -0.2) is 33.1 Å². The van der Waals surface area contributed by atoms with Gasteiger partial charge in [0.1, 0.15) is 29.2 Å². The number of pyridine rings is 1. The molecule has 1 aromatic carbocycles. The van der Waals surface area contributed by atoms with Crippen LogP contribution in [0.15, 0.2) is 46.1 Å². The minimum atomic E-state index is -0.758. The van der Waals surface area contributed by atoms with Crippen LogP contribution in [0.2, 0.25) is 0 Å². The van der Waals surface area contributed by atoms with Crippen LogP contribution in [0.5, 0.6) is 0 Å². The zero-order valence-electron chi connectivity index (χ0n) is 22.0. The molecule has 0 amide bonds. The predicted molar refractivity (Wildman–Crippen MR) is 144 cm³/mol. The number of hydrogen-bond donors (Lipinski definition) is 1. The lowest BCUT2D eigenvalue weighted by Crippen LogP contribution is -2.50. The largest absolute Gasteiger partial charge is 0.464 e. The Bertz CT molecular complexity index is 1800. The SMILES string of the molecule is Cc1ncnc(C(C)C)c1-n1c(=O)nc(N2CCNC[C@@H]2C)c2cc(F)c(-c3c(F)ccc4ccoc34)nc21. The normalized spacial score (nSPS) is 16.1. The summed E-state index contributed by atoms with van der Waals surface area (Å²) in [6, 6.07) is 5.74. The first-order valence-corrected chi connectivity index (χ1v) is 12.8. The molecule has 1 saturated heterocycles. The first kappa shape index (κ1) is 25.1. The first-order chi connectivity index (χ1) is 18.8. The van der Waals surface area contributed by atoms with Gasteiger partial charge >= 0.3 is 5.69 Å². The number of piperazine rings is 1. The number of nitrogens with zero attached hydrogens (tertiary/aromatic N) is 6. The molecule has 9 nitrogen and oxygen atoms in total. The van der Waals surface area contributed by atoms with E-state index in [4.69, 9.17) is 4.42 Å². The maximum atomic E-state index is 15.9. The van der Waals surface area contributed by atoms with E-state index < -0.39 is 17.3 Å². The molecule has 0 aliphatic carbocycles. The van der Waals surface area contributed by atoms with Gasteiger partial charge in [0.25, 0.3) is 0 Å². The summed E-state index contributed by atoms with van der Waals surface area (Å²) >= 11 is 0. The van der Waals surface area contributed by atoms with Crippen molar-refractivity contribution in [2.75, 3.05) is 24.5 Å². The minimum absolute atomic E-state index is 0.00484. The molecule has 39 heavy (non-hydrogen) atoms. The third-order valence-corrected chi connectivity index (χ3v) is 7.19. The number of aromatic nitrogens is 5. The molecule has 1 atom stereocenters. The van der Waals surface area contributed by atoms with Crippen molar-refractivity contribution >= 4 is 27.8 Å². The van der Waals surface area contributed by atoms with Gasteiger partial charge in [-0.3, -0.25) is 0 Å². The lowest BCUT2D eigenvalue weighted by molar-refractivity contribution is 0.497.